The van der Waals surface area contributed by atoms with Crippen LogP contribution in [0.15, 0.2) is 0 Å². The lowest BCUT2D eigenvalue weighted by atomic mass is 9.71. The van der Waals surface area contributed by atoms with Crippen molar-refractivity contribution in [2.24, 2.45) is 11.7 Å². The molecule has 17 heavy (non-hydrogen) atoms. The summed E-state index contributed by atoms with van der Waals surface area (Å²) in [5, 5.41) is 0. The molecule has 2 unspecified atom stereocenters. The number of hydrogen-bond acceptors (Lipinski definition) is 3. The molecule has 1 aliphatic heterocycles. The van der Waals surface area contributed by atoms with Crippen LogP contribution in [0.25, 0.3) is 0 Å². The zero-order valence-electron chi connectivity index (χ0n) is 10.9. The second kappa shape index (κ2) is 5.49. The summed E-state index contributed by atoms with van der Waals surface area (Å²) in [6.07, 6.45) is 8.12. The number of hydrogen-bond donors (Lipinski definition) is 1. The van der Waals surface area contributed by atoms with E-state index in [1.165, 1.54) is 6.42 Å². The molecule has 0 aromatic heterocycles. The third-order valence-corrected chi connectivity index (χ3v) is 4.30. The molecule has 3 nitrogen and oxygen atoms in total. The predicted octanol–water partition coefficient (Wildman–Crippen LogP) is 2.42. The summed E-state index contributed by atoms with van der Waals surface area (Å²) in [5.74, 6) is 0.706. The first-order valence-corrected chi connectivity index (χ1v) is 7.04. The van der Waals surface area contributed by atoms with E-state index in [4.69, 9.17) is 10.5 Å². The quantitative estimate of drug-likeness (QED) is 0.801. The van der Waals surface area contributed by atoms with E-state index in [-0.39, 0.29) is 17.6 Å². The van der Waals surface area contributed by atoms with Crippen molar-refractivity contribution in [2.45, 2.75) is 69.9 Å². The Kier molecular flexibility index (Phi) is 4.21. The highest BCUT2D eigenvalue weighted by Crippen LogP contribution is 2.44. The van der Waals surface area contributed by atoms with Gasteiger partial charge in [0, 0.05) is 25.0 Å². The van der Waals surface area contributed by atoms with Gasteiger partial charge in [-0.15, -0.1) is 0 Å². The van der Waals surface area contributed by atoms with Crippen molar-refractivity contribution in [3.05, 3.63) is 0 Å². The SMILES string of the molecule is CC(N)CCCC(=O)C1CCOC2(CCC2)C1. The fraction of sp³-hybridized carbons (Fsp3) is 0.929. The molecule has 2 atom stereocenters. The molecule has 3 heteroatoms. The first-order chi connectivity index (χ1) is 8.11. The summed E-state index contributed by atoms with van der Waals surface area (Å²) >= 11 is 0. The van der Waals surface area contributed by atoms with E-state index in [0.29, 0.717) is 12.2 Å². The zero-order valence-corrected chi connectivity index (χ0v) is 10.9. The molecule has 1 saturated heterocycles. The first kappa shape index (κ1) is 13.0. The highest BCUT2D eigenvalue weighted by Gasteiger charge is 2.43. The molecule has 2 fully saturated rings. The molecule has 1 aliphatic carbocycles. The lowest BCUT2D eigenvalue weighted by molar-refractivity contribution is -0.155. The maximum absolute atomic E-state index is 12.1. The molecule has 0 amide bonds. The third kappa shape index (κ3) is 3.29. The Hall–Kier alpha value is -0.410. The van der Waals surface area contributed by atoms with Crippen LogP contribution in [-0.4, -0.2) is 24.0 Å². The number of nitrogens with two attached hydrogens (primary N) is 1. The van der Waals surface area contributed by atoms with Crippen molar-refractivity contribution in [1.29, 1.82) is 0 Å². The van der Waals surface area contributed by atoms with Gasteiger partial charge in [-0.25, -0.2) is 0 Å². The molecule has 0 aromatic carbocycles. The molecule has 1 spiro atoms. The van der Waals surface area contributed by atoms with Gasteiger partial charge in [0.1, 0.15) is 5.78 Å². The van der Waals surface area contributed by atoms with Gasteiger partial charge in [0.05, 0.1) is 5.60 Å². The molecule has 2 N–H and O–H groups in total. The molecule has 2 aliphatic rings. The summed E-state index contributed by atoms with van der Waals surface area (Å²) in [6.45, 7) is 2.78. The minimum absolute atomic E-state index is 0.0970. The maximum Gasteiger partial charge on any atom is 0.136 e. The molecular formula is C14H25NO2. The standard InChI is InChI=1S/C14H25NO2/c1-11(15)4-2-5-13(16)12-6-9-17-14(10-12)7-3-8-14/h11-12H,2-10,15H2,1H3. The minimum atomic E-state index is 0.0970. The van der Waals surface area contributed by atoms with E-state index in [1.807, 2.05) is 6.92 Å². The number of Topliss-reactive ketones (excluding diaryl/α,β-unsaturated/α-hetero) is 1. The summed E-state index contributed by atoms with van der Waals surface area (Å²) in [6, 6.07) is 0.218. The smallest absolute Gasteiger partial charge is 0.136 e. The van der Waals surface area contributed by atoms with Crippen LogP contribution in [0.4, 0.5) is 0 Å². The number of carbonyl (C=O) groups excluding carboxylic acids is 1. The molecule has 98 valence electrons. The van der Waals surface area contributed by atoms with E-state index in [0.717, 1.165) is 45.1 Å². The molecule has 0 aromatic rings. The van der Waals surface area contributed by atoms with Crippen LogP contribution in [0.2, 0.25) is 0 Å². The van der Waals surface area contributed by atoms with Crippen molar-refractivity contribution in [2.75, 3.05) is 6.61 Å². The molecule has 2 rings (SSSR count). The highest BCUT2D eigenvalue weighted by atomic mass is 16.5. The van der Waals surface area contributed by atoms with E-state index in [9.17, 15) is 4.79 Å². The topological polar surface area (TPSA) is 52.3 Å². The summed E-state index contributed by atoms with van der Waals surface area (Å²) in [7, 11) is 0. The average Bonchev–Trinajstić information content (AvgIpc) is 2.26. The van der Waals surface area contributed by atoms with Gasteiger partial charge in [-0.05, 0) is 51.9 Å². The van der Waals surface area contributed by atoms with Gasteiger partial charge in [-0.2, -0.15) is 0 Å². The van der Waals surface area contributed by atoms with Crippen LogP contribution in [0.1, 0.15) is 58.3 Å². The van der Waals surface area contributed by atoms with E-state index in [2.05, 4.69) is 0 Å². The number of carbonyl (C=O) groups is 1. The Morgan fingerprint density at radius 1 is 1.53 bits per heavy atom. The van der Waals surface area contributed by atoms with Gasteiger partial charge >= 0.3 is 0 Å². The summed E-state index contributed by atoms with van der Waals surface area (Å²) in [4.78, 5) is 12.1. The van der Waals surface area contributed by atoms with Crippen molar-refractivity contribution < 1.29 is 9.53 Å². The van der Waals surface area contributed by atoms with E-state index < -0.39 is 0 Å². The molecular weight excluding hydrogens is 214 g/mol. The van der Waals surface area contributed by atoms with Crippen LogP contribution in [-0.2, 0) is 9.53 Å². The van der Waals surface area contributed by atoms with Crippen molar-refractivity contribution in [3.63, 3.8) is 0 Å². The highest BCUT2D eigenvalue weighted by molar-refractivity contribution is 5.81. The number of ether oxygens (including phenoxy) is 1. The summed E-state index contributed by atoms with van der Waals surface area (Å²) < 4.78 is 5.85. The van der Waals surface area contributed by atoms with Crippen LogP contribution in [0.3, 0.4) is 0 Å². The Morgan fingerprint density at radius 2 is 2.29 bits per heavy atom. The van der Waals surface area contributed by atoms with Gasteiger partial charge in [0.15, 0.2) is 0 Å². The Morgan fingerprint density at radius 3 is 2.88 bits per heavy atom. The van der Waals surface area contributed by atoms with Crippen LogP contribution >= 0.6 is 0 Å². The molecule has 1 saturated carbocycles. The first-order valence-electron chi connectivity index (χ1n) is 7.04. The number of ketones is 1. The average molecular weight is 239 g/mol. The van der Waals surface area contributed by atoms with Crippen LogP contribution in [0.5, 0.6) is 0 Å². The molecule has 0 bridgehead atoms. The maximum atomic E-state index is 12.1. The minimum Gasteiger partial charge on any atom is -0.375 e. The third-order valence-electron chi connectivity index (χ3n) is 4.30. The van der Waals surface area contributed by atoms with Gasteiger partial charge in [0.25, 0.3) is 0 Å². The van der Waals surface area contributed by atoms with E-state index >= 15 is 0 Å². The van der Waals surface area contributed by atoms with Crippen molar-refractivity contribution in [1.82, 2.24) is 0 Å². The van der Waals surface area contributed by atoms with Gasteiger partial charge in [0.2, 0.25) is 0 Å². The van der Waals surface area contributed by atoms with Crippen molar-refractivity contribution in [3.8, 4) is 0 Å². The molecule has 1 heterocycles. The second-order valence-electron chi connectivity index (χ2n) is 5.91. The van der Waals surface area contributed by atoms with Gasteiger partial charge < -0.3 is 10.5 Å². The largest absolute Gasteiger partial charge is 0.375 e. The normalized spacial score (nSPS) is 28.7. The lowest BCUT2D eigenvalue weighted by Crippen LogP contribution is -2.47. The second-order valence-corrected chi connectivity index (χ2v) is 5.91. The summed E-state index contributed by atoms with van der Waals surface area (Å²) in [5.41, 5.74) is 5.80. The number of rotatable bonds is 5. The Bertz CT molecular complexity index is 271. The van der Waals surface area contributed by atoms with Crippen LogP contribution in [0, 0.1) is 5.92 Å². The zero-order chi connectivity index (χ0) is 12.3. The fourth-order valence-electron chi connectivity index (χ4n) is 3.02. The Labute approximate surface area is 104 Å². The predicted molar refractivity (Wildman–Crippen MR) is 67.8 cm³/mol. The van der Waals surface area contributed by atoms with Gasteiger partial charge in [-0.1, -0.05) is 0 Å². The van der Waals surface area contributed by atoms with E-state index in [1.54, 1.807) is 0 Å². The van der Waals surface area contributed by atoms with Crippen LogP contribution < -0.4 is 5.73 Å². The fourth-order valence-corrected chi connectivity index (χ4v) is 3.02. The van der Waals surface area contributed by atoms with Gasteiger partial charge in [-0.3, -0.25) is 4.79 Å². The lowest BCUT2D eigenvalue weighted by Gasteiger charge is -2.46. The van der Waals surface area contributed by atoms with Crippen molar-refractivity contribution >= 4 is 5.78 Å². The Balaban J connectivity index is 1.75. The molecule has 0 radical (unpaired) electrons. The monoisotopic (exact) mass is 239 g/mol.